The fraction of sp³-hybridized carbons (Fsp3) is 0.318. The Labute approximate surface area is 175 Å². The summed E-state index contributed by atoms with van der Waals surface area (Å²) in [6.45, 7) is 0.607. The summed E-state index contributed by atoms with van der Waals surface area (Å²) in [4.78, 5) is 6.90. The minimum absolute atomic E-state index is 0.00177. The Bertz CT molecular complexity index is 1080. The van der Waals surface area contributed by atoms with Crippen molar-refractivity contribution in [1.29, 1.82) is 0 Å². The number of hydrogen-bond acceptors (Lipinski definition) is 6. The normalized spacial score (nSPS) is 14.1. The monoisotopic (exact) mass is 428 g/mol. The summed E-state index contributed by atoms with van der Waals surface area (Å²) in [5.74, 6) is -0.0213. The Morgan fingerprint density at radius 1 is 1.14 bits per heavy atom. The zero-order valence-corrected chi connectivity index (χ0v) is 17.9. The Hall–Kier alpha value is -2.22. The first-order valence-electron chi connectivity index (χ1n) is 9.55. The fourth-order valence-electron chi connectivity index (χ4n) is 3.91. The van der Waals surface area contributed by atoms with Crippen LogP contribution in [0.5, 0.6) is 0 Å². The summed E-state index contributed by atoms with van der Waals surface area (Å²) in [5, 5.41) is 12.1. The Kier molecular flexibility index (Phi) is 5.72. The van der Waals surface area contributed by atoms with Gasteiger partial charge in [-0.05, 0) is 41.7 Å². The maximum Gasteiger partial charge on any atom is 0.153 e. The molecule has 5 nitrogen and oxygen atoms in total. The number of anilines is 1. The lowest BCUT2D eigenvalue weighted by atomic mass is 10.1. The van der Waals surface area contributed by atoms with Gasteiger partial charge in [-0.3, -0.25) is 0 Å². The van der Waals surface area contributed by atoms with E-state index in [4.69, 9.17) is 0 Å². The second-order valence-corrected chi connectivity index (χ2v) is 10.7. The van der Waals surface area contributed by atoms with Gasteiger partial charge < -0.3 is 10.0 Å². The van der Waals surface area contributed by atoms with Gasteiger partial charge in [0.15, 0.2) is 9.84 Å². The molecule has 3 aromatic rings. The molecule has 1 aromatic heterocycles. The highest BCUT2D eigenvalue weighted by atomic mass is 32.2. The zero-order chi connectivity index (χ0) is 20.4. The molecule has 1 aliphatic rings. The predicted octanol–water partition coefficient (Wildman–Crippen LogP) is 3.35. The lowest BCUT2D eigenvalue weighted by Gasteiger charge is -2.31. The standard InChI is InChI=1S/C22H24N2O3S2/c1-29(26,27)15-22-23-19(14-28-22)12-24(20-8-4-5-16(9-20)13-25)21-10-17-6-2-3-7-18(17)11-21/h2-9,14,21,25H,10-13,15H2,1H3. The minimum atomic E-state index is -3.10. The molecule has 29 heavy (non-hydrogen) atoms. The number of nitrogens with zero attached hydrogens (tertiary/aromatic N) is 2. The van der Waals surface area contributed by atoms with Crippen molar-refractivity contribution in [2.75, 3.05) is 11.2 Å². The number of aliphatic hydroxyl groups is 1. The number of aromatic nitrogens is 1. The van der Waals surface area contributed by atoms with Crippen molar-refractivity contribution >= 4 is 26.9 Å². The van der Waals surface area contributed by atoms with Crippen molar-refractivity contribution in [2.45, 2.75) is 37.8 Å². The van der Waals surface area contributed by atoms with Crippen LogP contribution < -0.4 is 4.90 Å². The second kappa shape index (κ2) is 8.26. The van der Waals surface area contributed by atoms with E-state index in [0.717, 1.165) is 29.8 Å². The molecular formula is C22H24N2O3S2. The van der Waals surface area contributed by atoms with Crippen LogP contribution in [0.3, 0.4) is 0 Å². The van der Waals surface area contributed by atoms with Crippen LogP contribution in [-0.2, 0) is 41.6 Å². The zero-order valence-electron chi connectivity index (χ0n) is 16.3. The summed E-state index contributed by atoms with van der Waals surface area (Å²) < 4.78 is 23.2. The number of fused-ring (bicyclic) bond motifs is 1. The first-order chi connectivity index (χ1) is 13.9. The summed E-state index contributed by atoms with van der Waals surface area (Å²) in [7, 11) is -3.10. The van der Waals surface area contributed by atoms with Gasteiger partial charge in [0.25, 0.3) is 0 Å². The molecule has 152 valence electrons. The average Bonchev–Trinajstić information content (AvgIpc) is 3.31. The summed E-state index contributed by atoms with van der Waals surface area (Å²) in [5.41, 5.74) is 5.54. The van der Waals surface area contributed by atoms with Gasteiger partial charge in [-0.1, -0.05) is 36.4 Å². The molecule has 0 saturated heterocycles. The van der Waals surface area contributed by atoms with Gasteiger partial charge in [-0.15, -0.1) is 11.3 Å². The molecule has 7 heteroatoms. The molecule has 0 saturated carbocycles. The SMILES string of the molecule is CS(=O)(=O)Cc1nc(CN(c2cccc(CO)c2)C2Cc3ccccc3C2)cs1. The molecular weight excluding hydrogens is 404 g/mol. The molecule has 0 aliphatic heterocycles. The molecule has 0 bridgehead atoms. The third-order valence-corrected chi connectivity index (χ3v) is 7.09. The minimum Gasteiger partial charge on any atom is -0.392 e. The summed E-state index contributed by atoms with van der Waals surface area (Å²) in [6, 6.07) is 16.8. The van der Waals surface area contributed by atoms with Crippen molar-refractivity contribution in [3.63, 3.8) is 0 Å². The van der Waals surface area contributed by atoms with Crippen LogP contribution in [-0.4, -0.2) is 30.8 Å². The topological polar surface area (TPSA) is 70.5 Å². The molecule has 0 amide bonds. The van der Waals surface area contributed by atoms with Crippen molar-refractivity contribution in [1.82, 2.24) is 4.98 Å². The van der Waals surface area contributed by atoms with Gasteiger partial charge in [0.2, 0.25) is 0 Å². The number of hydrogen-bond donors (Lipinski definition) is 1. The van der Waals surface area contributed by atoms with E-state index in [0.29, 0.717) is 17.6 Å². The molecule has 1 aliphatic carbocycles. The van der Waals surface area contributed by atoms with E-state index in [-0.39, 0.29) is 12.4 Å². The third kappa shape index (κ3) is 4.86. The molecule has 0 spiro atoms. The van der Waals surface area contributed by atoms with Gasteiger partial charge in [0, 0.05) is 23.4 Å². The van der Waals surface area contributed by atoms with Gasteiger partial charge in [-0.2, -0.15) is 0 Å². The van der Waals surface area contributed by atoms with Gasteiger partial charge in [-0.25, -0.2) is 13.4 Å². The smallest absolute Gasteiger partial charge is 0.153 e. The molecule has 1 heterocycles. The molecule has 1 N–H and O–H groups in total. The quantitative estimate of drug-likeness (QED) is 0.625. The third-order valence-electron chi connectivity index (χ3n) is 5.21. The van der Waals surface area contributed by atoms with Crippen LogP contribution in [0.15, 0.2) is 53.9 Å². The van der Waals surface area contributed by atoms with Gasteiger partial charge >= 0.3 is 0 Å². The van der Waals surface area contributed by atoms with Crippen molar-refractivity contribution < 1.29 is 13.5 Å². The lowest BCUT2D eigenvalue weighted by Crippen LogP contribution is -2.35. The predicted molar refractivity (Wildman–Crippen MR) is 117 cm³/mol. The van der Waals surface area contributed by atoms with Crippen LogP contribution in [0.1, 0.15) is 27.4 Å². The molecule has 4 rings (SSSR count). The maximum absolute atomic E-state index is 11.6. The molecule has 0 atom stereocenters. The summed E-state index contributed by atoms with van der Waals surface area (Å²) >= 11 is 1.39. The van der Waals surface area contributed by atoms with Crippen LogP contribution >= 0.6 is 11.3 Å². The highest BCUT2D eigenvalue weighted by Crippen LogP contribution is 2.31. The molecule has 0 radical (unpaired) electrons. The highest BCUT2D eigenvalue weighted by Gasteiger charge is 2.27. The number of sulfone groups is 1. The van der Waals surface area contributed by atoms with E-state index in [1.165, 1.54) is 28.7 Å². The number of aliphatic hydroxyl groups excluding tert-OH is 1. The fourth-order valence-corrected chi connectivity index (χ4v) is 5.90. The Balaban J connectivity index is 1.62. The van der Waals surface area contributed by atoms with Crippen molar-refractivity contribution in [3.05, 3.63) is 81.3 Å². The number of rotatable bonds is 7. The van der Waals surface area contributed by atoms with E-state index in [1.807, 2.05) is 23.6 Å². The highest BCUT2D eigenvalue weighted by molar-refractivity contribution is 7.90. The number of benzene rings is 2. The average molecular weight is 429 g/mol. The van der Waals surface area contributed by atoms with Crippen LogP contribution in [0.2, 0.25) is 0 Å². The van der Waals surface area contributed by atoms with Gasteiger partial charge in [0.1, 0.15) is 10.8 Å². The van der Waals surface area contributed by atoms with Crippen molar-refractivity contribution in [2.24, 2.45) is 0 Å². The first-order valence-corrected chi connectivity index (χ1v) is 12.5. The van der Waals surface area contributed by atoms with E-state index in [9.17, 15) is 13.5 Å². The number of thiazole rings is 1. The lowest BCUT2D eigenvalue weighted by molar-refractivity contribution is 0.282. The van der Waals surface area contributed by atoms with Crippen LogP contribution in [0, 0.1) is 0 Å². The first kappa shape index (κ1) is 20.1. The molecule has 2 aromatic carbocycles. The van der Waals surface area contributed by atoms with Crippen molar-refractivity contribution in [3.8, 4) is 0 Å². The van der Waals surface area contributed by atoms with E-state index in [2.05, 4.69) is 40.2 Å². The Morgan fingerprint density at radius 3 is 2.52 bits per heavy atom. The summed E-state index contributed by atoms with van der Waals surface area (Å²) in [6.07, 6.45) is 3.15. The molecule has 0 fully saturated rings. The molecule has 0 unspecified atom stereocenters. The van der Waals surface area contributed by atoms with Gasteiger partial charge in [0.05, 0.1) is 18.8 Å². The van der Waals surface area contributed by atoms with Crippen LogP contribution in [0.4, 0.5) is 5.69 Å². The van der Waals surface area contributed by atoms with E-state index >= 15 is 0 Å². The van der Waals surface area contributed by atoms with Crippen LogP contribution in [0.25, 0.3) is 0 Å². The van der Waals surface area contributed by atoms with E-state index in [1.54, 1.807) is 0 Å². The maximum atomic E-state index is 11.6. The Morgan fingerprint density at radius 2 is 1.86 bits per heavy atom. The largest absolute Gasteiger partial charge is 0.392 e. The van der Waals surface area contributed by atoms with E-state index < -0.39 is 9.84 Å². The second-order valence-electron chi connectivity index (χ2n) is 7.59.